The second kappa shape index (κ2) is 7.68. The maximum atomic E-state index is 12.2. The zero-order valence-corrected chi connectivity index (χ0v) is 15.2. The van der Waals surface area contributed by atoms with Gasteiger partial charge in [-0.3, -0.25) is 14.4 Å². The van der Waals surface area contributed by atoms with Crippen LogP contribution in [0.1, 0.15) is 24.0 Å². The molecule has 1 aliphatic carbocycles. The van der Waals surface area contributed by atoms with Crippen LogP contribution < -0.4 is 4.74 Å². The first kappa shape index (κ1) is 19.4. The highest BCUT2D eigenvalue weighted by Gasteiger charge is 2.46. The predicted octanol–water partition coefficient (Wildman–Crippen LogP) is 3.33. The summed E-state index contributed by atoms with van der Waals surface area (Å²) in [5.41, 5.74) is 2.29. The third kappa shape index (κ3) is 3.41. The Hall–Kier alpha value is -3.41. The smallest absolute Gasteiger partial charge is 0.318 e. The number of hydrogen-bond acceptors (Lipinski definition) is 4. The fourth-order valence-electron chi connectivity index (χ4n) is 3.64. The summed E-state index contributed by atoms with van der Waals surface area (Å²) in [5, 5.41) is 18.7. The minimum Gasteiger partial charge on any atom is -0.493 e. The number of benzene rings is 2. The number of fused-ring (bicyclic) bond motifs is 3. The van der Waals surface area contributed by atoms with E-state index in [-0.39, 0.29) is 13.0 Å². The fraction of sp³-hybridized carbons (Fsp3) is 0.227. The van der Waals surface area contributed by atoms with Crippen molar-refractivity contribution in [3.05, 3.63) is 66.2 Å². The van der Waals surface area contributed by atoms with Crippen LogP contribution in [-0.2, 0) is 20.8 Å². The van der Waals surface area contributed by atoms with E-state index in [0.29, 0.717) is 12.2 Å². The third-order valence-electron chi connectivity index (χ3n) is 5.11. The van der Waals surface area contributed by atoms with Crippen molar-refractivity contribution in [3.63, 3.8) is 0 Å². The molecule has 6 nitrogen and oxygen atoms in total. The van der Waals surface area contributed by atoms with Crippen molar-refractivity contribution in [2.24, 2.45) is 5.41 Å². The number of rotatable bonds is 9. The molecule has 0 spiro atoms. The number of allylic oxidation sites excluding steroid dienone is 1. The lowest BCUT2D eigenvalue weighted by Gasteiger charge is -2.25. The van der Waals surface area contributed by atoms with Gasteiger partial charge in [0.05, 0.1) is 13.0 Å². The van der Waals surface area contributed by atoms with Gasteiger partial charge >= 0.3 is 11.9 Å². The molecular formula is C22H20O6. The number of ketones is 1. The highest BCUT2D eigenvalue weighted by atomic mass is 16.5. The average molecular weight is 380 g/mol. The number of ether oxygens (including phenoxy) is 1. The van der Waals surface area contributed by atoms with Crippen LogP contribution in [0.3, 0.4) is 0 Å². The van der Waals surface area contributed by atoms with Gasteiger partial charge < -0.3 is 14.9 Å². The Balaban J connectivity index is 1.81. The second-order valence-electron chi connectivity index (χ2n) is 6.74. The summed E-state index contributed by atoms with van der Waals surface area (Å²) in [6.45, 7) is 3.20. The Bertz CT molecular complexity index is 961. The van der Waals surface area contributed by atoms with E-state index in [1.54, 1.807) is 6.07 Å². The van der Waals surface area contributed by atoms with E-state index in [4.69, 9.17) is 9.84 Å². The van der Waals surface area contributed by atoms with E-state index < -0.39 is 29.6 Å². The van der Waals surface area contributed by atoms with Crippen LogP contribution in [0.25, 0.3) is 11.1 Å². The summed E-state index contributed by atoms with van der Waals surface area (Å²) in [5.74, 6) is -3.09. The number of carbonyl (C=O) groups excluding carboxylic acids is 1. The van der Waals surface area contributed by atoms with Crippen LogP contribution in [0.2, 0.25) is 0 Å². The molecule has 2 aromatic carbocycles. The molecule has 6 heteroatoms. The maximum absolute atomic E-state index is 12.2. The molecule has 0 saturated carbocycles. The van der Waals surface area contributed by atoms with Crippen molar-refractivity contribution in [2.45, 2.75) is 19.3 Å². The van der Waals surface area contributed by atoms with Gasteiger partial charge in [0.2, 0.25) is 0 Å². The van der Waals surface area contributed by atoms with Crippen molar-refractivity contribution in [1.29, 1.82) is 0 Å². The van der Waals surface area contributed by atoms with Gasteiger partial charge in [0.1, 0.15) is 11.2 Å². The van der Waals surface area contributed by atoms with Crippen LogP contribution in [0.5, 0.6) is 5.75 Å². The Labute approximate surface area is 162 Å². The first-order valence-electron chi connectivity index (χ1n) is 8.84. The largest absolute Gasteiger partial charge is 0.493 e. The minimum absolute atomic E-state index is 0.105. The minimum atomic E-state index is -2.09. The Morgan fingerprint density at radius 3 is 2.46 bits per heavy atom. The number of aliphatic carboxylic acids is 2. The molecule has 0 saturated heterocycles. The lowest BCUT2D eigenvalue weighted by molar-refractivity contribution is -0.160. The van der Waals surface area contributed by atoms with Crippen molar-refractivity contribution >= 4 is 17.7 Å². The van der Waals surface area contributed by atoms with E-state index >= 15 is 0 Å². The topological polar surface area (TPSA) is 101 Å². The summed E-state index contributed by atoms with van der Waals surface area (Å²) in [7, 11) is 0. The lowest BCUT2D eigenvalue weighted by atomic mass is 9.77. The van der Waals surface area contributed by atoms with Crippen molar-refractivity contribution in [1.82, 2.24) is 0 Å². The summed E-state index contributed by atoms with van der Waals surface area (Å²) in [4.78, 5) is 35.1. The monoisotopic (exact) mass is 380 g/mol. The maximum Gasteiger partial charge on any atom is 0.318 e. The van der Waals surface area contributed by atoms with Crippen LogP contribution in [-0.4, -0.2) is 34.5 Å². The van der Waals surface area contributed by atoms with E-state index in [2.05, 4.69) is 6.58 Å². The Morgan fingerprint density at radius 1 is 1.07 bits per heavy atom. The number of carboxylic acids is 2. The predicted molar refractivity (Wildman–Crippen MR) is 102 cm³/mol. The third-order valence-corrected chi connectivity index (χ3v) is 5.11. The van der Waals surface area contributed by atoms with Crippen molar-refractivity contribution in [2.75, 3.05) is 6.61 Å². The molecule has 0 aromatic heterocycles. The molecule has 1 atom stereocenters. The second-order valence-corrected chi connectivity index (χ2v) is 6.74. The van der Waals surface area contributed by atoms with Gasteiger partial charge in [-0.1, -0.05) is 43.0 Å². The Kier molecular flexibility index (Phi) is 5.31. The molecule has 0 fully saturated rings. The van der Waals surface area contributed by atoms with E-state index in [1.165, 1.54) is 5.56 Å². The molecule has 1 unspecified atom stereocenters. The zero-order valence-electron chi connectivity index (χ0n) is 15.2. The molecular weight excluding hydrogens is 360 g/mol. The van der Waals surface area contributed by atoms with Crippen LogP contribution >= 0.6 is 0 Å². The first-order chi connectivity index (χ1) is 13.4. The lowest BCUT2D eigenvalue weighted by Crippen LogP contribution is -2.41. The molecule has 3 rings (SSSR count). The summed E-state index contributed by atoms with van der Waals surface area (Å²) >= 11 is 0. The highest BCUT2D eigenvalue weighted by Crippen LogP contribution is 2.41. The van der Waals surface area contributed by atoms with Gasteiger partial charge in [-0.15, -0.1) is 0 Å². The normalized spacial score (nSPS) is 13.7. The van der Waals surface area contributed by atoms with Crippen LogP contribution in [0.4, 0.5) is 0 Å². The molecule has 28 heavy (non-hydrogen) atoms. The van der Waals surface area contributed by atoms with Gasteiger partial charge in [0.15, 0.2) is 5.78 Å². The summed E-state index contributed by atoms with van der Waals surface area (Å²) in [6.07, 6.45) is 0.464. The van der Waals surface area contributed by atoms with Gasteiger partial charge in [-0.05, 0) is 28.8 Å². The van der Waals surface area contributed by atoms with Gasteiger partial charge in [-0.25, -0.2) is 0 Å². The zero-order chi connectivity index (χ0) is 20.3. The molecule has 0 bridgehead atoms. The summed E-state index contributed by atoms with van der Waals surface area (Å²) in [6, 6.07) is 13.7. The van der Waals surface area contributed by atoms with Crippen molar-refractivity contribution < 1.29 is 29.3 Å². The highest BCUT2D eigenvalue weighted by molar-refractivity contribution is 6.10. The van der Waals surface area contributed by atoms with Crippen molar-refractivity contribution in [3.8, 4) is 16.9 Å². The van der Waals surface area contributed by atoms with Crippen LogP contribution in [0.15, 0.2) is 55.1 Å². The van der Waals surface area contributed by atoms with Crippen LogP contribution in [0, 0.1) is 5.41 Å². The standard InChI is InChI=1S/C22H20O6/c1-2-19(23)22(21(26)27,13-20(24)25)10-11-28-18-9-5-8-16-15-7-4-3-6-14(15)12-17(16)18/h2-9H,1,10-13H2,(H,24,25)(H,26,27). The molecule has 2 N–H and O–H groups in total. The van der Waals surface area contributed by atoms with Gasteiger partial charge in [0, 0.05) is 18.4 Å². The van der Waals surface area contributed by atoms with Gasteiger partial charge in [0.25, 0.3) is 0 Å². The molecule has 1 aliphatic rings. The summed E-state index contributed by atoms with van der Waals surface area (Å²) < 4.78 is 5.82. The molecule has 0 radical (unpaired) electrons. The molecule has 0 heterocycles. The fourth-order valence-corrected chi connectivity index (χ4v) is 3.64. The van der Waals surface area contributed by atoms with E-state index in [9.17, 15) is 19.5 Å². The number of hydrogen-bond donors (Lipinski definition) is 2. The van der Waals surface area contributed by atoms with E-state index in [0.717, 1.165) is 22.8 Å². The SMILES string of the molecule is C=CC(=O)C(CCOc1cccc2c1Cc1ccccc1-2)(CC(=O)O)C(=O)O. The quantitative estimate of drug-likeness (QED) is 0.436. The number of carboxylic acid groups (broad SMARTS) is 2. The molecule has 144 valence electrons. The number of carbonyl (C=O) groups is 3. The average Bonchev–Trinajstić information content (AvgIpc) is 3.05. The van der Waals surface area contributed by atoms with E-state index in [1.807, 2.05) is 36.4 Å². The first-order valence-corrected chi connectivity index (χ1v) is 8.84. The molecule has 0 amide bonds. The van der Waals surface area contributed by atoms with Gasteiger partial charge in [-0.2, -0.15) is 0 Å². The molecule has 0 aliphatic heterocycles. The molecule has 2 aromatic rings. The Morgan fingerprint density at radius 2 is 1.79 bits per heavy atom.